The fraction of sp³-hybridized carbons (Fsp3) is 0.571. The van der Waals surface area contributed by atoms with Crippen molar-refractivity contribution in [2.45, 2.75) is 52.7 Å². The molecule has 2 heteroatoms. The zero-order valence-electron chi connectivity index (χ0n) is 11.2. The molecule has 0 bridgehead atoms. The minimum absolute atomic E-state index is 0.0698. The molecular formula is C14H23NO. The maximum absolute atomic E-state index is 5.82. The predicted octanol–water partition coefficient (Wildman–Crippen LogP) is 4.07. The van der Waals surface area contributed by atoms with Gasteiger partial charge in [0.15, 0.2) is 0 Å². The lowest BCUT2D eigenvalue weighted by Crippen LogP contribution is -2.26. The number of nitrogens with one attached hydrogen (secondary N) is 1. The Hall–Kier alpha value is -1.18. The zero-order chi connectivity index (χ0) is 12.4. The molecule has 0 aromatic heterocycles. The van der Waals surface area contributed by atoms with Crippen LogP contribution in [0.1, 0.15) is 41.5 Å². The first-order valence-corrected chi connectivity index (χ1v) is 5.73. The maximum atomic E-state index is 5.82. The lowest BCUT2D eigenvalue weighted by atomic mass is 10.1. The molecule has 0 amide bonds. The molecule has 1 aromatic carbocycles. The van der Waals surface area contributed by atoms with Crippen LogP contribution in [0.25, 0.3) is 0 Å². The third-order valence-corrected chi connectivity index (χ3v) is 1.78. The van der Waals surface area contributed by atoms with Gasteiger partial charge in [-0.05, 0) is 53.7 Å². The molecule has 90 valence electrons. The summed E-state index contributed by atoms with van der Waals surface area (Å²) in [5, 5.41) is 3.43. The highest BCUT2D eigenvalue weighted by Crippen LogP contribution is 2.23. The number of ether oxygens (including phenoxy) is 1. The molecular weight excluding hydrogens is 198 g/mol. The van der Waals surface area contributed by atoms with Gasteiger partial charge in [-0.2, -0.15) is 0 Å². The van der Waals surface area contributed by atoms with E-state index in [-0.39, 0.29) is 11.1 Å². The smallest absolute Gasteiger partial charge is 0.122 e. The Labute approximate surface area is 99.0 Å². The number of anilines is 1. The summed E-state index contributed by atoms with van der Waals surface area (Å²) in [7, 11) is 0. The summed E-state index contributed by atoms with van der Waals surface area (Å²) in [6, 6.07) is 8.09. The maximum Gasteiger partial charge on any atom is 0.122 e. The molecule has 1 aromatic rings. The fourth-order valence-corrected chi connectivity index (χ4v) is 1.42. The van der Waals surface area contributed by atoms with Gasteiger partial charge in [0, 0.05) is 17.3 Å². The molecule has 2 nitrogen and oxygen atoms in total. The van der Waals surface area contributed by atoms with Gasteiger partial charge >= 0.3 is 0 Å². The van der Waals surface area contributed by atoms with Crippen LogP contribution < -0.4 is 10.1 Å². The monoisotopic (exact) mass is 221 g/mol. The fourth-order valence-electron chi connectivity index (χ4n) is 1.42. The van der Waals surface area contributed by atoms with Gasteiger partial charge in [-0.15, -0.1) is 0 Å². The van der Waals surface area contributed by atoms with E-state index in [1.165, 1.54) is 0 Å². The van der Waals surface area contributed by atoms with Gasteiger partial charge in [-0.25, -0.2) is 0 Å². The molecule has 1 N–H and O–H groups in total. The molecule has 0 radical (unpaired) electrons. The molecule has 0 aliphatic rings. The molecule has 0 unspecified atom stereocenters. The van der Waals surface area contributed by atoms with Crippen LogP contribution in [0.2, 0.25) is 0 Å². The minimum Gasteiger partial charge on any atom is -0.488 e. The quantitative estimate of drug-likeness (QED) is 0.812. The lowest BCUT2D eigenvalue weighted by molar-refractivity contribution is 0.131. The van der Waals surface area contributed by atoms with Crippen LogP contribution in [0.15, 0.2) is 24.3 Å². The third kappa shape index (κ3) is 5.06. The van der Waals surface area contributed by atoms with Gasteiger partial charge in [-0.3, -0.25) is 0 Å². The summed E-state index contributed by atoms with van der Waals surface area (Å²) >= 11 is 0. The van der Waals surface area contributed by atoms with E-state index < -0.39 is 0 Å². The normalized spacial score (nSPS) is 12.4. The highest BCUT2D eigenvalue weighted by Gasteiger charge is 2.13. The predicted molar refractivity (Wildman–Crippen MR) is 70.2 cm³/mol. The van der Waals surface area contributed by atoms with E-state index in [0.717, 1.165) is 11.4 Å². The average molecular weight is 221 g/mol. The van der Waals surface area contributed by atoms with Crippen LogP contribution >= 0.6 is 0 Å². The average Bonchev–Trinajstić information content (AvgIpc) is 1.96. The van der Waals surface area contributed by atoms with Crippen molar-refractivity contribution in [3.05, 3.63) is 24.3 Å². The van der Waals surface area contributed by atoms with Crippen LogP contribution in [-0.2, 0) is 0 Å². The van der Waals surface area contributed by atoms with E-state index in [0.29, 0.717) is 0 Å². The Bertz CT molecular complexity index is 313. The molecule has 0 fully saturated rings. The third-order valence-electron chi connectivity index (χ3n) is 1.78. The van der Waals surface area contributed by atoms with Crippen LogP contribution in [0, 0.1) is 0 Å². The van der Waals surface area contributed by atoms with Crippen molar-refractivity contribution in [1.29, 1.82) is 0 Å². The van der Waals surface area contributed by atoms with Crippen LogP contribution in [0.4, 0.5) is 5.69 Å². The molecule has 0 aliphatic heterocycles. The number of hydrogen-bond acceptors (Lipinski definition) is 2. The number of hydrogen-bond donors (Lipinski definition) is 1. The van der Waals surface area contributed by atoms with E-state index in [1.807, 2.05) is 18.2 Å². The van der Waals surface area contributed by atoms with Crippen molar-refractivity contribution < 1.29 is 4.74 Å². The first kappa shape index (κ1) is 12.9. The first-order valence-electron chi connectivity index (χ1n) is 5.73. The Morgan fingerprint density at radius 3 is 2.12 bits per heavy atom. The minimum atomic E-state index is -0.152. The summed E-state index contributed by atoms with van der Waals surface area (Å²) in [4.78, 5) is 0. The number of benzene rings is 1. The van der Waals surface area contributed by atoms with Crippen LogP contribution in [0.5, 0.6) is 5.75 Å². The van der Waals surface area contributed by atoms with Crippen molar-refractivity contribution >= 4 is 5.69 Å². The standard InChI is InChI=1S/C14H23NO/c1-13(2,3)15-11-8-7-9-12(10-11)16-14(4,5)6/h7-10,15H,1-6H3. The van der Waals surface area contributed by atoms with Crippen LogP contribution in [0.3, 0.4) is 0 Å². The molecule has 0 heterocycles. The first-order chi connectivity index (χ1) is 7.16. The Morgan fingerprint density at radius 1 is 1.00 bits per heavy atom. The highest BCUT2D eigenvalue weighted by atomic mass is 16.5. The second-order valence-electron chi connectivity index (χ2n) is 6.12. The lowest BCUT2D eigenvalue weighted by Gasteiger charge is -2.24. The summed E-state index contributed by atoms with van der Waals surface area (Å²) < 4.78 is 5.82. The molecule has 0 atom stereocenters. The van der Waals surface area contributed by atoms with Crippen molar-refractivity contribution in [3.63, 3.8) is 0 Å². The van der Waals surface area contributed by atoms with E-state index in [1.54, 1.807) is 0 Å². The Morgan fingerprint density at radius 2 is 1.62 bits per heavy atom. The summed E-state index contributed by atoms with van der Waals surface area (Å²) in [6.45, 7) is 12.6. The molecule has 1 rings (SSSR count). The Kier molecular flexibility index (Phi) is 3.51. The molecule has 16 heavy (non-hydrogen) atoms. The second kappa shape index (κ2) is 4.36. The van der Waals surface area contributed by atoms with Crippen LogP contribution in [-0.4, -0.2) is 11.1 Å². The molecule has 0 aliphatic carbocycles. The van der Waals surface area contributed by atoms with Crippen molar-refractivity contribution in [1.82, 2.24) is 0 Å². The summed E-state index contributed by atoms with van der Waals surface area (Å²) in [6.07, 6.45) is 0. The number of rotatable bonds is 2. The topological polar surface area (TPSA) is 21.3 Å². The zero-order valence-corrected chi connectivity index (χ0v) is 11.2. The Balaban J connectivity index is 2.79. The summed E-state index contributed by atoms with van der Waals surface area (Å²) in [5.41, 5.74) is 1.01. The largest absolute Gasteiger partial charge is 0.488 e. The van der Waals surface area contributed by atoms with Crippen molar-refractivity contribution in [3.8, 4) is 5.75 Å². The SMILES string of the molecule is CC(C)(C)Nc1cccc(OC(C)(C)C)c1. The van der Waals surface area contributed by atoms with Gasteiger partial charge in [0.05, 0.1) is 0 Å². The molecule has 0 saturated heterocycles. The van der Waals surface area contributed by atoms with Crippen molar-refractivity contribution in [2.24, 2.45) is 0 Å². The second-order valence-corrected chi connectivity index (χ2v) is 6.12. The van der Waals surface area contributed by atoms with Gasteiger partial charge in [0.2, 0.25) is 0 Å². The molecule has 0 saturated carbocycles. The van der Waals surface area contributed by atoms with Gasteiger partial charge in [-0.1, -0.05) is 6.07 Å². The molecule has 0 spiro atoms. The summed E-state index contributed by atoms with van der Waals surface area (Å²) in [5.74, 6) is 0.904. The van der Waals surface area contributed by atoms with E-state index in [4.69, 9.17) is 4.74 Å². The van der Waals surface area contributed by atoms with Gasteiger partial charge in [0.25, 0.3) is 0 Å². The van der Waals surface area contributed by atoms with E-state index >= 15 is 0 Å². The van der Waals surface area contributed by atoms with E-state index in [9.17, 15) is 0 Å². The van der Waals surface area contributed by atoms with E-state index in [2.05, 4.69) is 52.9 Å². The highest BCUT2D eigenvalue weighted by molar-refractivity contribution is 5.49. The van der Waals surface area contributed by atoms with Crippen molar-refractivity contribution in [2.75, 3.05) is 5.32 Å². The van der Waals surface area contributed by atoms with Gasteiger partial charge in [0.1, 0.15) is 11.4 Å². The van der Waals surface area contributed by atoms with Gasteiger partial charge < -0.3 is 10.1 Å².